The van der Waals surface area contributed by atoms with Crippen LogP contribution in [-0.2, 0) is 4.79 Å². The maximum absolute atomic E-state index is 12.1. The minimum Gasteiger partial charge on any atom is -0.326 e. The van der Waals surface area contributed by atoms with Crippen LogP contribution in [0.25, 0.3) is 11.3 Å². The van der Waals surface area contributed by atoms with Crippen LogP contribution >= 0.6 is 0 Å². The van der Waals surface area contributed by atoms with Gasteiger partial charge in [0, 0.05) is 12.5 Å². The number of fused-ring (bicyclic) bond motifs is 3. The van der Waals surface area contributed by atoms with Gasteiger partial charge < -0.3 is 5.32 Å². The molecule has 17 heavy (non-hydrogen) atoms. The van der Waals surface area contributed by atoms with E-state index in [9.17, 15) is 9.59 Å². The summed E-state index contributed by atoms with van der Waals surface area (Å²) in [4.78, 5) is 23.2. The molecule has 1 aromatic carbocycles. The average Bonchev–Trinajstić information content (AvgIpc) is 2.83. The van der Waals surface area contributed by atoms with E-state index in [1.54, 1.807) is 12.1 Å². The summed E-state index contributed by atoms with van der Waals surface area (Å²) in [5.74, 6) is -0.298. The lowest BCUT2D eigenvalue weighted by molar-refractivity contribution is -0.114. The number of rotatable bonds is 1. The molecular formula is C12H9N3O2. The highest BCUT2D eigenvalue weighted by Gasteiger charge is 2.30. The van der Waals surface area contributed by atoms with E-state index in [2.05, 4.69) is 15.5 Å². The molecule has 84 valence electrons. The molecule has 2 N–H and O–H groups in total. The quantitative estimate of drug-likeness (QED) is 0.662. The Labute approximate surface area is 96.8 Å². The fourth-order valence-electron chi connectivity index (χ4n) is 2.10. The lowest BCUT2D eigenvalue weighted by Gasteiger charge is -2.07. The fourth-order valence-corrected chi connectivity index (χ4v) is 2.10. The lowest BCUT2D eigenvalue weighted by Crippen LogP contribution is -2.10. The first-order chi connectivity index (χ1) is 8.18. The third kappa shape index (κ3) is 1.29. The van der Waals surface area contributed by atoms with E-state index < -0.39 is 0 Å². The second-order valence-electron chi connectivity index (χ2n) is 3.90. The van der Waals surface area contributed by atoms with E-state index in [1.807, 2.05) is 6.07 Å². The number of ketones is 1. The Kier molecular flexibility index (Phi) is 1.89. The molecule has 1 amide bonds. The van der Waals surface area contributed by atoms with Crippen molar-refractivity contribution in [2.45, 2.75) is 6.92 Å². The van der Waals surface area contributed by atoms with Gasteiger partial charge in [-0.2, -0.15) is 5.10 Å². The second kappa shape index (κ2) is 3.28. The predicted octanol–water partition coefficient (Wildman–Crippen LogP) is 1.58. The van der Waals surface area contributed by atoms with Crippen molar-refractivity contribution >= 4 is 17.4 Å². The van der Waals surface area contributed by atoms with Crippen molar-refractivity contribution in [1.82, 2.24) is 10.2 Å². The molecule has 0 saturated carbocycles. The van der Waals surface area contributed by atoms with Crippen LogP contribution in [0.4, 0.5) is 5.69 Å². The van der Waals surface area contributed by atoms with Crippen molar-refractivity contribution in [3.05, 3.63) is 35.5 Å². The molecule has 0 atom stereocenters. The molecule has 0 unspecified atom stereocenters. The largest absolute Gasteiger partial charge is 0.326 e. The minimum absolute atomic E-state index is 0.104. The molecule has 5 nitrogen and oxygen atoms in total. The number of aromatic amines is 1. The Bertz CT molecular complexity index is 643. The SMILES string of the molecule is CC(=O)Nc1cccc2c1C(=O)c1cn[nH]c1-2. The second-order valence-corrected chi connectivity index (χ2v) is 3.90. The van der Waals surface area contributed by atoms with Gasteiger partial charge in [-0.05, 0) is 6.07 Å². The first kappa shape index (κ1) is 9.77. The van der Waals surface area contributed by atoms with Gasteiger partial charge >= 0.3 is 0 Å². The predicted molar refractivity (Wildman–Crippen MR) is 61.8 cm³/mol. The monoisotopic (exact) mass is 227 g/mol. The summed E-state index contributed by atoms with van der Waals surface area (Å²) in [6.45, 7) is 1.42. The van der Waals surface area contributed by atoms with Crippen LogP contribution < -0.4 is 5.32 Å². The van der Waals surface area contributed by atoms with Crippen molar-refractivity contribution in [2.75, 3.05) is 5.32 Å². The van der Waals surface area contributed by atoms with Gasteiger partial charge in [0.1, 0.15) is 0 Å². The maximum atomic E-state index is 12.1. The van der Waals surface area contributed by atoms with E-state index in [-0.39, 0.29) is 11.7 Å². The van der Waals surface area contributed by atoms with Crippen LogP contribution in [0.5, 0.6) is 0 Å². The lowest BCUT2D eigenvalue weighted by atomic mass is 10.1. The van der Waals surface area contributed by atoms with Crippen LogP contribution in [0.2, 0.25) is 0 Å². The van der Waals surface area contributed by atoms with Crippen molar-refractivity contribution in [2.24, 2.45) is 0 Å². The van der Waals surface area contributed by atoms with Gasteiger partial charge in [-0.25, -0.2) is 0 Å². The van der Waals surface area contributed by atoms with E-state index in [4.69, 9.17) is 0 Å². The van der Waals surface area contributed by atoms with E-state index in [0.29, 0.717) is 16.8 Å². The number of hydrogen-bond acceptors (Lipinski definition) is 3. The Morgan fingerprint density at radius 2 is 2.18 bits per heavy atom. The minimum atomic E-state index is -0.195. The van der Waals surface area contributed by atoms with E-state index in [1.165, 1.54) is 13.1 Å². The number of aromatic nitrogens is 2. The van der Waals surface area contributed by atoms with Gasteiger partial charge in [-0.15, -0.1) is 0 Å². The van der Waals surface area contributed by atoms with Crippen molar-refractivity contribution in [3.8, 4) is 11.3 Å². The number of anilines is 1. The van der Waals surface area contributed by atoms with Crippen molar-refractivity contribution in [1.29, 1.82) is 0 Å². The van der Waals surface area contributed by atoms with Crippen molar-refractivity contribution in [3.63, 3.8) is 0 Å². The summed E-state index contributed by atoms with van der Waals surface area (Å²) in [5.41, 5.74) is 3.14. The summed E-state index contributed by atoms with van der Waals surface area (Å²) in [7, 11) is 0. The van der Waals surface area contributed by atoms with Crippen LogP contribution in [0.15, 0.2) is 24.4 Å². The normalized spacial score (nSPS) is 12.2. The zero-order chi connectivity index (χ0) is 12.0. The molecule has 1 aliphatic rings. The Hall–Kier alpha value is -2.43. The highest BCUT2D eigenvalue weighted by molar-refractivity contribution is 6.24. The van der Waals surface area contributed by atoms with Crippen LogP contribution in [-0.4, -0.2) is 21.9 Å². The smallest absolute Gasteiger partial charge is 0.221 e. The number of hydrogen-bond donors (Lipinski definition) is 2. The van der Waals surface area contributed by atoms with Gasteiger partial charge in [-0.1, -0.05) is 12.1 Å². The summed E-state index contributed by atoms with van der Waals surface area (Å²) in [6, 6.07) is 5.35. The third-order valence-corrected chi connectivity index (χ3v) is 2.76. The van der Waals surface area contributed by atoms with Gasteiger partial charge in [0.25, 0.3) is 0 Å². The molecule has 0 aliphatic heterocycles. The summed E-state index contributed by atoms with van der Waals surface area (Å²) < 4.78 is 0. The molecule has 1 heterocycles. The first-order valence-electron chi connectivity index (χ1n) is 5.17. The van der Waals surface area contributed by atoms with E-state index in [0.717, 1.165) is 11.3 Å². The summed E-state index contributed by atoms with van der Waals surface area (Å²) >= 11 is 0. The van der Waals surface area contributed by atoms with Crippen molar-refractivity contribution < 1.29 is 9.59 Å². The maximum Gasteiger partial charge on any atom is 0.221 e. The fraction of sp³-hybridized carbons (Fsp3) is 0.0833. The zero-order valence-electron chi connectivity index (χ0n) is 9.07. The molecule has 0 radical (unpaired) electrons. The van der Waals surface area contributed by atoms with Crippen LogP contribution in [0, 0.1) is 0 Å². The number of carbonyl (C=O) groups excluding carboxylic acids is 2. The molecule has 0 fully saturated rings. The van der Waals surface area contributed by atoms with Gasteiger partial charge in [0.05, 0.1) is 28.7 Å². The zero-order valence-corrected chi connectivity index (χ0v) is 9.07. The molecule has 2 aromatic rings. The number of carbonyl (C=O) groups is 2. The molecular weight excluding hydrogens is 218 g/mol. The molecule has 1 aliphatic carbocycles. The molecule has 0 spiro atoms. The Morgan fingerprint density at radius 1 is 1.35 bits per heavy atom. The standard InChI is InChI=1S/C12H9N3O2/c1-6(16)14-9-4-2-3-7-10(9)12(17)8-5-13-15-11(7)8/h2-5H,1H3,(H,13,15)(H,14,16). The first-order valence-corrected chi connectivity index (χ1v) is 5.17. The summed E-state index contributed by atoms with van der Waals surface area (Å²) in [5, 5.41) is 9.32. The van der Waals surface area contributed by atoms with Gasteiger partial charge in [-0.3, -0.25) is 14.7 Å². The average molecular weight is 227 g/mol. The molecule has 0 bridgehead atoms. The molecule has 0 saturated heterocycles. The third-order valence-electron chi connectivity index (χ3n) is 2.76. The number of nitrogens with one attached hydrogen (secondary N) is 2. The Morgan fingerprint density at radius 3 is 2.94 bits per heavy atom. The number of benzene rings is 1. The highest BCUT2D eigenvalue weighted by atomic mass is 16.1. The number of nitrogens with zero attached hydrogens (tertiary/aromatic N) is 1. The van der Waals surface area contributed by atoms with Crippen LogP contribution in [0.3, 0.4) is 0 Å². The summed E-state index contributed by atoms with van der Waals surface area (Å²) in [6.07, 6.45) is 1.51. The van der Waals surface area contributed by atoms with Gasteiger partial charge in [0.2, 0.25) is 5.91 Å². The number of amides is 1. The van der Waals surface area contributed by atoms with Gasteiger partial charge in [0.15, 0.2) is 5.78 Å². The topological polar surface area (TPSA) is 74.8 Å². The Balaban J connectivity index is 2.23. The highest BCUT2D eigenvalue weighted by Crippen LogP contribution is 2.38. The molecule has 5 heteroatoms. The molecule has 1 aromatic heterocycles. The van der Waals surface area contributed by atoms with Crippen LogP contribution in [0.1, 0.15) is 22.8 Å². The molecule has 3 rings (SSSR count). The van der Waals surface area contributed by atoms with E-state index >= 15 is 0 Å². The number of H-pyrrole nitrogens is 1.